The monoisotopic (exact) mass is 233 g/mol. The van der Waals surface area contributed by atoms with E-state index in [1.807, 2.05) is 0 Å². The molecule has 1 heterocycles. The molecule has 17 heavy (non-hydrogen) atoms. The summed E-state index contributed by atoms with van der Waals surface area (Å²) in [7, 11) is 0. The van der Waals surface area contributed by atoms with Gasteiger partial charge in [0.15, 0.2) is 0 Å². The highest BCUT2D eigenvalue weighted by atomic mass is 16.5. The van der Waals surface area contributed by atoms with Crippen LogP contribution in [0.4, 0.5) is 0 Å². The van der Waals surface area contributed by atoms with Crippen LogP contribution in [0.1, 0.15) is 12.2 Å². The van der Waals surface area contributed by atoms with Gasteiger partial charge in [0.05, 0.1) is 12.6 Å². The van der Waals surface area contributed by atoms with Crippen molar-refractivity contribution in [3.05, 3.63) is 36.2 Å². The van der Waals surface area contributed by atoms with E-state index < -0.39 is 5.97 Å². The van der Waals surface area contributed by atoms with E-state index in [-0.39, 0.29) is 18.6 Å². The number of nitrogens with zero attached hydrogens (tertiary/aromatic N) is 1. The number of rotatable bonds is 4. The van der Waals surface area contributed by atoms with E-state index in [0.717, 1.165) is 5.56 Å². The molecule has 0 aliphatic carbocycles. The molecule has 5 heteroatoms. The first-order chi connectivity index (χ1) is 8.16. The van der Waals surface area contributed by atoms with Crippen LogP contribution in [0.3, 0.4) is 0 Å². The fraction of sp³-hybridized carbons (Fsp3) is 0.167. The maximum Gasteiger partial charge on any atom is 0.303 e. The Morgan fingerprint density at radius 3 is 2.94 bits per heavy atom. The van der Waals surface area contributed by atoms with Gasteiger partial charge in [-0.1, -0.05) is 17.3 Å². The Hall–Kier alpha value is -2.30. The van der Waals surface area contributed by atoms with Crippen molar-refractivity contribution in [3.8, 4) is 16.9 Å². The lowest BCUT2D eigenvalue weighted by Gasteiger charge is -2.00. The third-order valence-corrected chi connectivity index (χ3v) is 2.37. The van der Waals surface area contributed by atoms with Crippen LogP contribution in [0.5, 0.6) is 5.75 Å². The second-order valence-corrected chi connectivity index (χ2v) is 3.61. The Kier molecular flexibility index (Phi) is 3.09. The van der Waals surface area contributed by atoms with Crippen LogP contribution in [-0.4, -0.2) is 21.3 Å². The van der Waals surface area contributed by atoms with Gasteiger partial charge in [0.1, 0.15) is 11.5 Å². The van der Waals surface area contributed by atoms with E-state index in [1.54, 1.807) is 24.3 Å². The standard InChI is InChI=1S/C12H11NO4/c14-9-3-1-2-8(6-9)10-7-13-17-11(10)4-5-12(15)16/h1-3,6-7,14H,4-5H2,(H,15,16). The first kappa shape index (κ1) is 11.2. The van der Waals surface area contributed by atoms with Gasteiger partial charge in [-0.15, -0.1) is 0 Å². The molecule has 0 aliphatic heterocycles. The number of aliphatic carboxylic acids is 1. The molecule has 0 fully saturated rings. The van der Waals surface area contributed by atoms with Gasteiger partial charge in [0.25, 0.3) is 0 Å². The van der Waals surface area contributed by atoms with E-state index in [0.29, 0.717) is 11.3 Å². The van der Waals surface area contributed by atoms with Crippen LogP contribution in [0.15, 0.2) is 35.0 Å². The van der Waals surface area contributed by atoms with Crippen molar-refractivity contribution in [2.45, 2.75) is 12.8 Å². The van der Waals surface area contributed by atoms with Crippen LogP contribution in [0.2, 0.25) is 0 Å². The highest BCUT2D eigenvalue weighted by Crippen LogP contribution is 2.27. The summed E-state index contributed by atoms with van der Waals surface area (Å²) in [5, 5.41) is 21.6. The second-order valence-electron chi connectivity index (χ2n) is 3.61. The average Bonchev–Trinajstić information content (AvgIpc) is 2.74. The van der Waals surface area contributed by atoms with Crippen LogP contribution in [0.25, 0.3) is 11.1 Å². The number of phenolic OH excluding ortho intramolecular Hbond substituents is 1. The van der Waals surface area contributed by atoms with Gasteiger partial charge in [-0.2, -0.15) is 0 Å². The van der Waals surface area contributed by atoms with Gasteiger partial charge in [0, 0.05) is 12.0 Å². The zero-order valence-corrected chi connectivity index (χ0v) is 8.96. The van der Waals surface area contributed by atoms with Gasteiger partial charge in [-0.05, 0) is 17.7 Å². The number of hydrogen-bond acceptors (Lipinski definition) is 4. The van der Waals surface area contributed by atoms with E-state index in [1.165, 1.54) is 6.20 Å². The summed E-state index contributed by atoms with van der Waals surface area (Å²) in [6.07, 6.45) is 1.79. The molecule has 0 saturated carbocycles. The molecule has 2 aromatic rings. The van der Waals surface area contributed by atoms with Gasteiger partial charge >= 0.3 is 5.97 Å². The molecule has 5 nitrogen and oxygen atoms in total. The second kappa shape index (κ2) is 4.69. The van der Waals surface area contributed by atoms with Crippen molar-refractivity contribution < 1.29 is 19.5 Å². The zero-order chi connectivity index (χ0) is 12.3. The van der Waals surface area contributed by atoms with Gasteiger partial charge in [-0.3, -0.25) is 4.79 Å². The minimum absolute atomic E-state index is 0.0129. The van der Waals surface area contributed by atoms with Crippen molar-refractivity contribution in [2.75, 3.05) is 0 Å². The van der Waals surface area contributed by atoms with Gasteiger partial charge in [0.2, 0.25) is 0 Å². The van der Waals surface area contributed by atoms with Gasteiger partial charge in [-0.25, -0.2) is 0 Å². The minimum Gasteiger partial charge on any atom is -0.508 e. The largest absolute Gasteiger partial charge is 0.508 e. The van der Waals surface area contributed by atoms with Crippen molar-refractivity contribution >= 4 is 5.97 Å². The fourth-order valence-corrected chi connectivity index (χ4v) is 1.57. The first-order valence-corrected chi connectivity index (χ1v) is 5.11. The van der Waals surface area contributed by atoms with Crippen molar-refractivity contribution in [1.82, 2.24) is 5.16 Å². The molecule has 0 spiro atoms. The molecule has 1 aromatic carbocycles. The smallest absolute Gasteiger partial charge is 0.303 e. The van der Waals surface area contributed by atoms with E-state index in [4.69, 9.17) is 9.63 Å². The topological polar surface area (TPSA) is 83.6 Å². The van der Waals surface area contributed by atoms with Crippen LogP contribution >= 0.6 is 0 Å². The highest BCUT2D eigenvalue weighted by Gasteiger charge is 2.12. The molecule has 0 saturated heterocycles. The summed E-state index contributed by atoms with van der Waals surface area (Å²) in [6, 6.07) is 6.65. The lowest BCUT2D eigenvalue weighted by Crippen LogP contribution is -1.97. The third kappa shape index (κ3) is 2.63. The molecular weight excluding hydrogens is 222 g/mol. The quantitative estimate of drug-likeness (QED) is 0.844. The lowest BCUT2D eigenvalue weighted by molar-refractivity contribution is -0.137. The summed E-state index contributed by atoms with van der Waals surface area (Å²) < 4.78 is 5.01. The highest BCUT2D eigenvalue weighted by molar-refractivity contribution is 5.69. The molecular formula is C12H11NO4. The first-order valence-electron chi connectivity index (χ1n) is 5.11. The van der Waals surface area contributed by atoms with Gasteiger partial charge < -0.3 is 14.7 Å². The molecule has 2 rings (SSSR count). The number of aryl methyl sites for hydroxylation is 1. The number of carbonyl (C=O) groups is 1. The molecule has 0 aliphatic rings. The Bertz CT molecular complexity index is 533. The molecule has 0 radical (unpaired) electrons. The SMILES string of the molecule is O=C(O)CCc1oncc1-c1cccc(O)c1. The van der Waals surface area contributed by atoms with Crippen LogP contribution in [-0.2, 0) is 11.2 Å². The Morgan fingerprint density at radius 1 is 1.41 bits per heavy atom. The molecule has 0 atom stereocenters. The lowest BCUT2D eigenvalue weighted by atomic mass is 10.0. The Balaban J connectivity index is 2.27. The zero-order valence-electron chi connectivity index (χ0n) is 8.96. The number of carboxylic acid groups (broad SMARTS) is 1. The summed E-state index contributed by atoms with van der Waals surface area (Å²) in [5.41, 5.74) is 1.47. The number of carboxylic acids is 1. The van der Waals surface area contributed by atoms with Crippen LogP contribution < -0.4 is 0 Å². The van der Waals surface area contributed by atoms with Crippen LogP contribution in [0, 0.1) is 0 Å². The summed E-state index contributed by atoms with van der Waals surface area (Å²) in [4.78, 5) is 10.5. The molecule has 0 bridgehead atoms. The predicted molar refractivity (Wildman–Crippen MR) is 59.6 cm³/mol. The van der Waals surface area contributed by atoms with E-state index in [2.05, 4.69) is 5.16 Å². The maximum atomic E-state index is 10.5. The van der Waals surface area contributed by atoms with Crippen molar-refractivity contribution in [2.24, 2.45) is 0 Å². The molecule has 2 N–H and O–H groups in total. The minimum atomic E-state index is -0.886. The number of aromatic nitrogens is 1. The fourth-order valence-electron chi connectivity index (χ4n) is 1.57. The summed E-state index contributed by atoms with van der Waals surface area (Å²) in [5.74, 6) is -0.228. The van der Waals surface area contributed by atoms with Crippen molar-refractivity contribution in [1.29, 1.82) is 0 Å². The number of phenols is 1. The average molecular weight is 233 g/mol. The summed E-state index contributed by atoms with van der Waals surface area (Å²) in [6.45, 7) is 0. The van der Waals surface area contributed by atoms with E-state index in [9.17, 15) is 9.90 Å². The molecule has 1 aromatic heterocycles. The number of aromatic hydroxyl groups is 1. The normalized spacial score (nSPS) is 10.4. The molecule has 0 unspecified atom stereocenters. The number of hydrogen-bond donors (Lipinski definition) is 2. The third-order valence-electron chi connectivity index (χ3n) is 2.37. The maximum absolute atomic E-state index is 10.5. The molecule has 0 amide bonds. The Labute approximate surface area is 97.3 Å². The predicted octanol–water partition coefficient (Wildman–Crippen LogP) is 2.06. The Morgan fingerprint density at radius 2 is 2.24 bits per heavy atom. The van der Waals surface area contributed by atoms with Crippen molar-refractivity contribution in [3.63, 3.8) is 0 Å². The summed E-state index contributed by atoms with van der Waals surface area (Å²) >= 11 is 0. The van der Waals surface area contributed by atoms with E-state index >= 15 is 0 Å². The number of benzene rings is 1. The molecule has 88 valence electrons.